The van der Waals surface area contributed by atoms with Gasteiger partial charge in [0, 0.05) is 13.1 Å². The number of carbonyl (C=O) groups is 1. The summed E-state index contributed by atoms with van der Waals surface area (Å²) < 4.78 is 48.0. The fraction of sp³-hybridized carbons (Fsp3) is 0.350. The average Bonchev–Trinajstić information content (AvgIpc) is 2.77. The molecule has 0 bridgehead atoms. The lowest BCUT2D eigenvalue weighted by molar-refractivity contribution is 0.0465. The molecule has 0 unspecified atom stereocenters. The molecule has 0 saturated carbocycles. The Balaban J connectivity index is 1.76. The Morgan fingerprint density at radius 1 is 1.03 bits per heavy atom. The molecule has 29 heavy (non-hydrogen) atoms. The van der Waals surface area contributed by atoms with Crippen molar-refractivity contribution in [1.29, 1.82) is 0 Å². The molecule has 0 atom stereocenters. The maximum Gasteiger partial charge on any atom is 0.346 e. The summed E-state index contributed by atoms with van der Waals surface area (Å²) in [5.74, 6) is 0.0386. The molecule has 156 valence electrons. The number of benzene rings is 2. The number of morpholine rings is 1. The largest absolute Gasteiger partial charge is 0.496 e. The highest BCUT2D eigenvalue weighted by molar-refractivity contribution is 7.89. The molecule has 1 heterocycles. The summed E-state index contributed by atoms with van der Waals surface area (Å²) in [6.45, 7) is 1.28. The Hall–Kier alpha value is -2.62. The predicted octanol–water partition coefficient (Wildman–Crippen LogP) is 2.08. The Labute approximate surface area is 170 Å². The van der Waals surface area contributed by atoms with E-state index in [1.807, 2.05) is 0 Å². The molecule has 0 N–H and O–H groups in total. The van der Waals surface area contributed by atoms with E-state index in [4.69, 9.17) is 18.9 Å². The summed E-state index contributed by atoms with van der Waals surface area (Å²) in [7, 11) is -0.724. The number of rotatable bonds is 7. The first-order chi connectivity index (χ1) is 14.0. The van der Waals surface area contributed by atoms with Crippen molar-refractivity contribution in [2.24, 2.45) is 0 Å². The van der Waals surface area contributed by atoms with Crippen LogP contribution in [0.1, 0.15) is 15.9 Å². The Kier molecular flexibility index (Phi) is 6.73. The van der Waals surface area contributed by atoms with Crippen LogP contribution in [0, 0.1) is 0 Å². The number of nitrogens with zero attached hydrogens (tertiary/aromatic N) is 1. The molecule has 2 aromatic carbocycles. The van der Waals surface area contributed by atoms with E-state index >= 15 is 0 Å². The van der Waals surface area contributed by atoms with Gasteiger partial charge in [0.2, 0.25) is 10.0 Å². The van der Waals surface area contributed by atoms with Crippen LogP contribution in [0.3, 0.4) is 0 Å². The SMILES string of the molecule is COc1cccc(OC)c1C(=O)OCc1cccc(S(=O)(=O)N2CCOCC2)c1. The van der Waals surface area contributed by atoms with Crippen molar-refractivity contribution in [3.05, 3.63) is 53.6 Å². The van der Waals surface area contributed by atoms with Crippen molar-refractivity contribution in [1.82, 2.24) is 4.31 Å². The number of hydrogen-bond acceptors (Lipinski definition) is 7. The first-order valence-electron chi connectivity index (χ1n) is 9.02. The number of methoxy groups -OCH3 is 2. The molecule has 2 aromatic rings. The van der Waals surface area contributed by atoms with E-state index in [-0.39, 0.29) is 17.1 Å². The third-order valence-electron chi connectivity index (χ3n) is 4.51. The lowest BCUT2D eigenvalue weighted by Gasteiger charge is -2.26. The van der Waals surface area contributed by atoms with Gasteiger partial charge in [-0.05, 0) is 29.8 Å². The molecule has 1 saturated heterocycles. The van der Waals surface area contributed by atoms with Gasteiger partial charge in [-0.15, -0.1) is 0 Å². The molecule has 1 aliphatic heterocycles. The van der Waals surface area contributed by atoms with Crippen molar-refractivity contribution in [2.45, 2.75) is 11.5 Å². The van der Waals surface area contributed by atoms with Crippen LogP contribution >= 0.6 is 0 Å². The van der Waals surface area contributed by atoms with Crippen LogP contribution in [0.5, 0.6) is 11.5 Å². The maximum atomic E-state index is 12.8. The van der Waals surface area contributed by atoms with Gasteiger partial charge in [0.05, 0.1) is 32.3 Å². The molecule has 3 rings (SSSR count). The van der Waals surface area contributed by atoms with Gasteiger partial charge >= 0.3 is 5.97 Å². The van der Waals surface area contributed by atoms with Gasteiger partial charge in [0.1, 0.15) is 23.7 Å². The van der Waals surface area contributed by atoms with Crippen molar-refractivity contribution in [2.75, 3.05) is 40.5 Å². The predicted molar refractivity (Wildman–Crippen MR) is 105 cm³/mol. The monoisotopic (exact) mass is 421 g/mol. The summed E-state index contributed by atoms with van der Waals surface area (Å²) in [6.07, 6.45) is 0. The summed E-state index contributed by atoms with van der Waals surface area (Å²) >= 11 is 0. The van der Waals surface area contributed by atoms with Crippen LogP contribution in [0.25, 0.3) is 0 Å². The van der Waals surface area contributed by atoms with Crippen molar-refractivity contribution >= 4 is 16.0 Å². The second-order valence-electron chi connectivity index (χ2n) is 6.28. The van der Waals surface area contributed by atoms with Gasteiger partial charge in [0.25, 0.3) is 0 Å². The summed E-state index contributed by atoms with van der Waals surface area (Å²) in [5.41, 5.74) is 0.733. The van der Waals surface area contributed by atoms with Gasteiger partial charge in [-0.25, -0.2) is 13.2 Å². The number of esters is 1. The standard InChI is InChI=1S/C20H23NO7S/c1-25-17-7-4-8-18(26-2)19(17)20(22)28-14-15-5-3-6-16(13-15)29(23,24)21-9-11-27-12-10-21/h3-8,13H,9-12,14H2,1-2H3. The zero-order valence-electron chi connectivity index (χ0n) is 16.3. The molecular formula is C20H23NO7S. The molecule has 8 nitrogen and oxygen atoms in total. The summed E-state index contributed by atoms with van der Waals surface area (Å²) in [5, 5.41) is 0. The zero-order chi connectivity index (χ0) is 20.9. The minimum atomic E-state index is -3.62. The van der Waals surface area contributed by atoms with E-state index in [2.05, 4.69) is 0 Å². The van der Waals surface area contributed by atoms with Crippen molar-refractivity contribution < 1.29 is 32.2 Å². The lowest BCUT2D eigenvalue weighted by Crippen LogP contribution is -2.40. The smallest absolute Gasteiger partial charge is 0.346 e. The number of sulfonamides is 1. The van der Waals surface area contributed by atoms with Crippen LogP contribution in [-0.4, -0.2) is 59.2 Å². The quantitative estimate of drug-likeness (QED) is 0.632. The Morgan fingerprint density at radius 3 is 2.28 bits per heavy atom. The Bertz CT molecular complexity index is 946. The highest BCUT2D eigenvalue weighted by Crippen LogP contribution is 2.29. The molecule has 0 radical (unpaired) electrons. The highest BCUT2D eigenvalue weighted by Gasteiger charge is 2.26. The molecule has 0 aliphatic carbocycles. The second kappa shape index (κ2) is 9.25. The van der Waals surface area contributed by atoms with E-state index in [0.29, 0.717) is 43.4 Å². The third-order valence-corrected chi connectivity index (χ3v) is 6.40. The fourth-order valence-electron chi connectivity index (χ4n) is 3.01. The van der Waals surface area contributed by atoms with Crippen LogP contribution in [-0.2, 0) is 26.1 Å². The highest BCUT2D eigenvalue weighted by atomic mass is 32.2. The van der Waals surface area contributed by atoms with Crippen molar-refractivity contribution in [3.63, 3.8) is 0 Å². The summed E-state index contributed by atoms with van der Waals surface area (Å²) in [6, 6.07) is 11.3. The van der Waals surface area contributed by atoms with Gasteiger partial charge in [-0.2, -0.15) is 4.31 Å². The maximum absolute atomic E-state index is 12.8. The molecule has 0 spiro atoms. The van der Waals surface area contributed by atoms with Gasteiger partial charge < -0.3 is 18.9 Å². The topological polar surface area (TPSA) is 91.4 Å². The molecule has 9 heteroatoms. The lowest BCUT2D eigenvalue weighted by atomic mass is 10.1. The van der Waals surface area contributed by atoms with Gasteiger partial charge in [-0.3, -0.25) is 0 Å². The zero-order valence-corrected chi connectivity index (χ0v) is 17.1. The van der Waals surface area contributed by atoms with E-state index < -0.39 is 16.0 Å². The third kappa shape index (κ3) is 4.69. The molecule has 1 fully saturated rings. The first-order valence-corrected chi connectivity index (χ1v) is 10.5. The van der Waals surface area contributed by atoms with E-state index in [9.17, 15) is 13.2 Å². The number of hydrogen-bond donors (Lipinski definition) is 0. The van der Waals surface area contributed by atoms with E-state index in [0.717, 1.165) is 0 Å². The van der Waals surface area contributed by atoms with Crippen LogP contribution < -0.4 is 9.47 Å². The Morgan fingerprint density at radius 2 is 1.66 bits per heavy atom. The number of carbonyl (C=O) groups excluding carboxylic acids is 1. The second-order valence-corrected chi connectivity index (χ2v) is 8.22. The normalized spacial score (nSPS) is 15.0. The number of ether oxygens (including phenoxy) is 4. The molecule has 0 amide bonds. The van der Waals surface area contributed by atoms with E-state index in [1.54, 1.807) is 30.3 Å². The first kappa shape index (κ1) is 21.1. The van der Waals surface area contributed by atoms with E-state index in [1.165, 1.54) is 30.7 Å². The van der Waals surface area contributed by atoms with Crippen molar-refractivity contribution in [3.8, 4) is 11.5 Å². The molecular weight excluding hydrogens is 398 g/mol. The summed E-state index contributed by atoms with van der Waals surface area (Å²) in [4.78, 5) is 12.7. The van der Waals surface area contributed by atoms with Gasteiger partial charge in [-0.1, -0.05) is 18.2 Å². The average molecular weight is 421 g/mol. The van der Waals surface area contributed by atoms with Gasteiger partial charge in [0.15, 0.2) is 0 Å². The van der Waals surface area contributed by atoms with Crippen LogP contribution in [0.2, 0.25) is 0 Å². The minimum Gasteiger partial charge on any atom is -0.496 e. The fourth-order valence-corrected chi connectivity index (χ4v) is 4.48. The van der Waals surface area contributed by atoms with Crippen LogP contribution in [0.4, 0.5) is 0 Å². The molecule has 1 aliphatic rings. The minimum absolute atomic E-state index is 0.0908. The van der Waals surface area contributed by atoms with Crippen LogP contribution in [0.15, 0.2) is 47.4 Å². The molecule has 0 aromatic heterocycles.